The van der Waals surface area contributed by atoms with Crippen LogP contribution in [0.25, 0.3) is 16.8 Å². The number of hydrogen-bond donors (Lipinski definition) is 1. The summed E-state index contributed by atoms with van der Waals surface area (Å²) >= 11 is 0. The number of nitro benzene ring substituents is 1. The molecule has 1 aliphatic heterocycles. The van der Waals surface area contributed by atoms with Crippen molar-refractivity contribution >= 4 is 28.4 Å². The zero-order valence-electron chi connectivity index (χ0n) is 15.6. The molecular weight excluding hydrogens is 372 g/mol. The van der Waals surface area contributed by atoms with E-state index in [2.05, 4.69) is 5.32 Å². The van der Waals surface area contributed by atoms with Crippen LogP contribution in [-0.4, -0.2) is 17.6 Å². The molecule has 1 unspecified atom stereocenters. The van der Waals surface area contributed by atoms with E-state index in [1.54, 1.807) is 0 Å². The zero-order valence-corrected chi connectivity index (χ0v) is 15.6. The maximum Gasteiger partial charge on any atom is 0.280 e. The van der Waals surface area contributed by atoms with E-state index in [0.717, 1.165) is 16.3 Å². The van der Waals surface area contributed by atoms with Crippen molar-refractivity contribution in [3.05, 3.63) is 81.9 Å². The van der Waals surface area contributed by atoms with Gasteiger partial charge in [-0.2, -0.15) is 0 Å². The van der Waals surface area contributed by atoms with E-state index >= 15 is 0 Å². The molecule has 0 saturated carbocycles. The lowest BCUT2D eigenvalue weighted by atomic mass is 10.00. The van der Waals surface area contributed by atoms with E-state index in [1.165, 1.54) is 24.3 Å². The highest BCUT2D eigenvalue weighted by Crippen LogP contribution is 2.38. The Kier molecular flexibility index (Phi) is 4.87. The number of rotatable bonds is 5. The Morgan fingerprint density at radius 2 is 1.86 bits per heavy atom. The first-order valence-corrected chi connectivity index (χ1v) is 9.07. The first-order valence-electron chi connectivity index (χ1n) is 9.07. The van der Waals surface area contributed by atoms with Crippen LogP contribution in [0.5, 0.6) is 11.5 Å². The number of benzene rings is 3. The average molecular weight is 390 g/mol. The van der Waals surface area contributed by atoms with Crippen molar-refractivity contribution in [2.75, 3.05) is 6.79 Å². The molecule has 0 fully saturated rings. The Hall–Kier alpha value is -3.87. The molecule has 1 atom stereocenters. The van der Waals surface area contributed by atoms with Crippen molar-refractivity contribution in [3.8, 4) is 11.5 Å². The lowest BCUT2D eigenvalue weighted by molar-refractivity contribution is -0.385. The fourth-order valence-corrected chi connectivity index (χ4v) is 3.37. The van der Waals surface area contributed by atoms with E-state index in [9.17, 15) is 14.9 Å². The lowest BCUT2D eigenvalue weighted by Gasteiger charge is -2.15. The molecule has 1 aliphatic rings. The van der Waals surface area contributed by atoms with Crippen LogP contribution in [0.4, 0.5) is 5.69 Å². The smallest absolute Gasteiger partial charge is 0.280 e. The van der Waals surface area contributed by atoms with E-state index in [0.29, 0.717) is 11.5 Å². The van der Waals surface area contributed by atoms with Crippen molar-refractivity contribution in [2.24, 2.45) is 0 Å². The van der Waals surface area contributed by atoms with Crippen molar-refractivity contribution < 1.29 is 19.2 Å². The SMILES string of the molecule is CC(NC(=O)C=Cc1cc2c(cc1[N+](=O)[O-])OCO2)c1cccc2ccccc12. The highest BCUT2D eigenvalue weighted by atomic mass is 16.7. The normalized spacial score (nSPS) is 13.6. The van der Waals surface area contributed by atoms with Gasteiger partial charge in [-0.1, -0.05) is 42.5 Å². The third-order valence-corrected chi connectivity index (χ3v) is 4.78. The average Bonchev–Trinajstić information content (AvgIpc) is 3.18. The summed E-state index contributed by atoms with van der Waals surface area (Å²) < 4.78 is 10.4. The molecule has 0 spiro atoms. The van der Waals surface area contributed by atoms with Gasteiger partial charge in [-0.15, -0.1) is 0 Å². The number of carbonyl (C=O) groups excluding carboxylic acids is 1. The number of hydrogen-bond acceptors (Lipinski definition) is 5. The molecule has 0 bridgehead atoms. The molecule has 7 heteroatoms. The van der Waals surface area contributed by atoms with Gasteiger partial charge in [-0.3, -0.25) is 14.9 Å². The Labute approximate surface area is 166 Å². The van der Waals surface area contributed by atoms with E-state index < -0.39 is 4.92 Å². The minimum Gasteiger partial charge on any atom is -0.454 e. The minimum atomic E-state index is -0.516. The van der Waals surface area contributed by atoms with Crippen molar-refractivity contribution in [2.45, 2.75) is 13.0 Å². The van der Waals surface area contributed by atoms with Crippen molar-refractivity contribution in [1.82, 2.24) is 5.32 Å². The molecule has 1 N–H and O–H groups in total. The lowest BCUT2D eigenvalue weighted by Crippen LogP contribution is -2.24. The summed E-state index contributed by atoms with van der Waals surface area (Å²) in [4.78, 5) is 23.2. The Morgan fingerprint density at radius 1 is 1.14 bits per heavy atom. The molecule has 0 aliphatic carbocycles. The van der Waals surface area contributed by atoms with Gasteiger partial charge < -0.3 is 14.8 Å². The van der Waals surface area contributed by atoms with Crippen LogP contribution in [0.15, 0.2) is 60.7 Å². The van der Waals surface area contributed by atoms with Gasteiger partial charge in [-0.05, 0) is 35.4 Å². The molecule has 0 saturated heterocycles. The van der Waals surface area contributed by atoms with E-state index in [1.807, 2.05) is 49.4 Å². The Balaban J connectivity index is 1.54. The monoisotopic (exact) mass is 390 g/mol. The molecule has 3 aromatic carbocycles. The summed E-state index contributed by atoms with van der Waals surface area (Å²) in [5.74, 6) is 0.389. The molecule has 1 heterocycles. The van der Waals surface area contributed by atoms with Gasteiger partial charge in [-0.25, -0.2) is 0 Å². The first kappa shape index (κ1) is 18.5. The van der Waals surface area contributed by atoms with Gasteiger partial charge in [0.1, 0.15) is 0 Å². The van der Waals surface area contributed by atoms with Gasteiger partial charge in [0.05, 0.1) is 22.6 Å². The molecule has 0 radical (unpaired) electrons. The molecule has 7 nitrogen and oxygen atoms in total. The van der Waals surface area contributed by atoms with Gasteiger partial charge in [0.25, 0.3) is 5.69 Å². The largest absolute Gasteiger partial charge is 0.454 e. The molecule has 146 valence electrons. The van der Waals surface area contributed by atoms with Gasteiger partial charge in [0, 0.05) is 6.08 Å². The van der Waals surface area contributed by atoms with Crippen LogP contribution in [0.1, 0.15) is 24.1 Å². The molecule has 29 heavy (non-hydrogen) atoms. The second-order valence-corrected chi connectivity index (χ2v) is 6.65. The second kappa shape index (κ2) is 7.63. The minimum absolute atomic E-state index is 0.0166. The predicted octanol–water partition coefficient (Wildman–Crippen LogP) is 4.37. The maximum atomic E-state index is 12.4. The van der Waals surface area contributed by atoms with Crippen LogP contribution in [0.3, 0.4) is 0 Å². The summed E-state index contributed by atoms with van der Waals surface area (Å²) in [6, 6.07) is 16.5. The molecule has 3 aromatic rings. The number of nitro groups is 1. The van der Waals surface area contributed by atoms with Crippen molar-refractivity contribution in [1.29, 1.82) is 0 Å². The molecule has 0 aromatic heterocycles. The summed E-state index contributed by atoms with van der Waals surface area (Å²) in [6.45, 7) is 1.92. The summed E-state index contributed by atoms with van der Waals surface area (Å²) in [7, 11) is 0. The van der Waals surface area contributed by atoms with Crippen LogP contribution >= 0.6 is 0 Å². The van der Waals surface area contributed by atoms with E-state index in [4.69, 9.17) is 9.47 Å². The number of ether oxygens (including phenoxy) is 2. The third kappa shape index (κ3) is 3.75. The summed E-state index contributed by atoms with van der Waals surface area (Å²) in [5, 5.41) is 16.4. The number of amides is 1. The Bertz CT molecular complexity index is 1130. The van der Waals surface area contributed by atoms with Crippen molar-refractivity contribution in [3.63, 3.8) is 0 Å². The fourth-order valence-electron chi connectivity index (χ4n) is 3.37. The van der Waals surface area contributed by atoms with Crippen LogP contribution in [-0.2, 0) is 4.79 Å². The zero-order chi connectivity index (χ0) is 20.4. The maximum absolute atomic E-state index is 12.4. The van der Waals surface area contributed by atoms with Gasteiger partial charge in [0.15, 0.2) is 11.5 Å². The van der Waals surface area contributed by atoms with Gasteiger partial charge in [0.2, 0.25) is 12.7 Å². The second-order valence-electron chi connectivity index (χ2n) is 6.65. The standard InChI is InChI=1S/C22H18N2O5/c1-14(17-8-4-6-15-5-2-3-7-18(15)17)23-22(25)10-9-16-11-20-21(29-13-28-20)12-19(16)24(26)27/h2-12,14H,13H2,1H3,(H,23,25). The summed E-state index contributed by atoms with van der Waals surface area (Å²) in [5.41, 5.74) is 1.12. The predicted molar refractivity (Wildman–Crippen MR) is 109 cm³/mol. The number of nitrogens with one attached hydrogen (secondary N) is 1. The fraction of sp³-hybridized carbons (Fsp3) is 0.136. The van der Waals surface area contributed by atoms with E-state index in [-0.39, 0.29) is 30.0 Å². The van der Waals surface area contributed by atoms with Crippen LogP contribution in [0, 0.1) is 10.1 Å². The number of fused-ring (bicyclic) bond motifs is 2. The Morgan fingerprint density at radius 3 is 2.66 bits per heavy atom. The molecule has 4 rings (SSSR count). The summed E-state index contributed by atoms with van der Waals surface area (Å²) in [6.07, 6.45) is 2.69. The number of carbonyl (C=O) groups is 1. The molecular formula is C22H18N2O5. The quantitative estimate of drug-likeness (QED) is 0.397. The topological polar surface area (TPSA) is 90.7 Å². The first-order chi connectivity index (χ1) is 14.0. The van der Waals surface area contributed by atoms with Crippen LogP contribution in [0.2, 0.25) is 0 Å². The third-order valence-electron chi connectivity index (χ3n) is 4.78. The van der Waals surface area contributed by atoms with Crippen LogP contribution < -0.4 is 14.8 Å². The highest BCUT2D eigenvalue weighted by Gasteiger charge is 2.22. The highest BCUT2D eigenvalue weighted by molar-refractivity contribution is 5.93. The van der Waals surface area contributed by atoms with Gasteiger partial charge >= 0.3 is 0 Å². The number of nitrogens with zero attached hydrogens (tertiary/aromatic N) is 1. The molecule has 1 amide bonds.